The van der Waals surface area contributed by atoms with Crippen molar-refractivity contribution in [3.63, 3.8) is 0 Å². The molecule has 0 unspecified atom stereocenters. The molecule has 0 aliphatic rings. The number of aromatic nitrogens is 6. The Kier molecular flexibility index (Phi) is 4.48. The van der Waals surface area contributed by atoms with Gasteiger partial charge in [0.25, 0.3) is 0 Å². The predicted molar refractivity (Wildman–Crippen MR) is 99.6 cm³/mol. The number of ether oxygens (including phenoxy) is 1. The summed E-state index contributed by atoms with van der Waals surface area (Å²) in [5.74, 6) is -0.0753. The second kappa shape index (κ2) is 6.84. The van der Waals surface area contributed by atoms with Crippen molar-refractivity contribution >= 4 is 17.1 Å². The molecule has 0 fully saturated rings. The summed E-state index contributed by atoms with van der Waals surface area (Å²) in [6.07, 6.45) is 4.31. The van der Waals surface area contributed by atoms with Crippen LogP contribution >= 0.6 is 11.6 Å². The number of aromatic amines is 1. The highest BCUT2D eigenvalue weighted by Crippen LogP contribution is 2.33. The van der Waals surface area contributed by atoms with E-state index in [1.54, 1.807) is 16.8 Å². The van der Waals surface area contributed by atoms with Crippen LogP contribution in [0.5, 0.6) is 5.75 Å². The lowest BCUT2D eigenvalue weighted by Gasteiger charge is -2.23. The van der Waals surface area contributed by atoms with Gasteiger partial charge in [-0.1, -0.05) is 11.6 Å². The number of halogens is 2. The van der Waals surface area contributed by atoms with Gasteiger partial charge in [-0.3, -0.25) is 4.98 Å². The van der Waals surface area contributed by atoms with Gasteiger partial charge in [0, 0.05) is 11.8 Å². The number of nitrogens with one attached hydrogen (secondary N) is 1. The molecule has 8 nitrogen and oxygen atoms in total. The highest BCUT2D eigenvalue weighted by atomic mass is 35.5. The van der Waals surface area contributed by atoms with Gasteiger partial charge in [0.15, 0.2) is 0 Å². The number of nitrogens with zero attached hydrogens (tertiary/aromatic N) is 5. The molecule has 4 aromatic rings. The van der Waals surface area contributed by atoms with Crippen LogP contribution in [0.15, 0.2) is 36.8 Å². The number of H-pyrrole nitrogens is 1. The zero-order valence-corrected chi connectivity index (χ0v) is 15.8. The molecule has 0 aliphatic carbocycles. The maximum atomic E-state index is 13.1. The third-order valence-electron chi connectivity index (χ3n) is 4.32. The molecule has 4 heterocycles. The fourth-order valence-corrected chi connectivity index (χ4v) is 3.06. The third-order valence-corrected chi connectivity index (χ3v) is 4.59. The normalized spacial score (nSPS) is 13.6. The van der Waals surface area contributed by atoms with Crippen LogP contribution in [0.1, 0.15) is 18.3 Å². The van der Waals surface area contributed by atoms with Gasteiger partial charge in [-0.15, -0.1) is 0 Å². The van der Waals surface area contributed by atoms with E-state index in [1.807, 2.05) is 6.92 Å². The average Bonchev–Trinajstić information content (AvgIpc) is 3.26. The van der Waals surface area contributed by atoms with Crippen molar-refractivity contribution in [2.75, 3.05) is 6.61 Å². The summed E-state index contributed by atoms with van der Waals surface area (Å²) in [4.78, 5) is 3.93. The highest BCUT2D eigenvalue weighted by Gasteiger charge is 2.27. The average molecular weight is 403 g/mol. The molecule has 2 N–H and O–H groups in total. The van der Waals surface area contributed by atoms with Gasteiger partial charge in [-0.2, -0.15) is 20.5 Å². The monoisotopic (exact) mass is 402 g/mol. The van der Waals surface area contributed by atoms with Crippen LogP contribution in [0, 0.1) is 12.7 Å². The van der Waals surface area contributed by atoms with Crippen molar-refractivity contribution in [3.8, 4) is 17.0 Å². The van der Waals surface area contributed by atoms with Crippen molar-refractivity contribution in [3.05, 3.63) is 59.0 Å². The molecule has 4 aromatic heterocycles. The molecule has 0 bridgehead atoms. The standard InChI is InChI=1S/C18H16ClFN6O2/c1-10-16(24-25-23-10)11-5-14(17-13(19)7-22-26(17)8-11)28-9-18(2,27)15-4-3-12(20)6-21-15/h3-8,27H,9H2,1-2H3,(H,23,24,25)/t18-/m0/s1. The number of hydrogen-bond acceptors (Lipinski definition) is 6. The van der Waals surface area contributed by atoms with Crippen LogP contribution in [0.3, 0.4) is 0 Å². The molecule has 0 spiro atoms. The van der Waals surface area contributed by atoms with E-state index >= 15 is 0 Å². The first-order valence-electron chi connectivity index (χ1n) is 8.37. The number of aliphatic hydroxyl groups is 1. The molecule has 0 saturated heterocycles. The Morgan fingerprint density at radius 3 is 2.82 bits per heavy atom. The maximum Gasteiger partial charge on any atom is 0.147 e. The lowest BCUT2D eigenvalue weighted by atomic mass is 10.0. The minimum absolute atomic E-state index is 0.135. The van der Waals surface area contributed by atoms with E-state index in [9.17, 15) is 9.50 Å². The smallest absolute Gasteiger partial charge is 0.147 e. The Morgan fingerprint density at radius 1 is 1.32 bits per heavy atom. The summed E-state index contributed by atoms with van der Waals surface area (Å²) >= 11 is 6.26. The van der Waals surface area contributed by atoms with Gasteiger partial charge >= 0.3 is 0 Å². The first-order chi connectivity index (χ1) is 13.3. The Labute approximate surface area is 163 Å². The summed E-state index contributed by atoms with van der Waals surface area (Å²) < 4.78 is 20.6. The number of pyridine rings is 2. The third kappa shape index (κ3) is 3.30. The van der Waals surface area contributed by atoms with E-state index in [0.29, 0.717) is 33.2 Å². The second-order valence-corrected chi connectivity index (χ2v) is 6.97. The van der Waals surface area contributed by atoms with Crippen LogP contribution < -0.4 is 4.74 Å². The Hall–Kier alpha value is -3.04. The van der Waals surface area contributed by atoms with Crippen LogP contribution in [-0.2, 0) is 5.60 Å². The van der Waals surface area contributed by atoms with E-state index in [4.69, 9.17) is 16.3 Å². The van der Waals surface area contributed by atoms with Crippen LogP contribution in [-0.4, -0.2) is 41.7 Å². The molecule has 0 aliphatic heterocycles. The summed E-state index contributed by atoms with van der Waals surface area (Å²) in [5, 5.41) is 26.1. The predicted octanol–water partition coefficient (Wildman–Crippen LogP) is 2.90. The van der Waals surface area contributed by atoms with Crippen molar-refractivity contribution in [2.45, 2.75) is 19.4 Å². The van der Waals surface area contributed by atoms with Crippen LogP contribution in [0.4, 0.5) is 4.39 Å². The molecule has 10 heteroatoms. The molecule has 1 atom stereocenters. The van der Waals surface area contributed by atoms with E-state index in [-0.39, 0.29) is 12.3 Å². The number of aryl methyl sites for hydroxylation is 1. The first-order valence-corrected chi connectivity index (χ1v) is 8.75. The molecular weight excluding hydrogens is 387 g/mol. The molecule has 0 aromatic carbocycles. The molecule has 4 rings (SSSR count). The Balaban J connectivity index is 1.70. The van der Waals surface area contributed by atoms with Gasteiger partial charge in [0.2, 0.25) is 0 Å². The molecule has 0 radical (unpaired) electrons. The number of hydrogen-bond donors (Lipinski definition) is 2. The topological polar surface area (TPSA) is 101 Å². The molecule has 0 saturated carbocycles. The first kappa shape index (κ1) is 18.3. The van der Waals surface area contributed by atoms with Crippen LogP contribution in [0.2, 0.25) is 5.02 Å². The minimum atomic E-state index is -1.45. The van der Waals surface area contributed by atoms with Gasteiger partial charge in [-0.05, 0) is 32.0 Å². The summed E-state index contributed by atoms with van der Waals surface area (Å²) in [6, 6.07) is 4.40. The van der Waals surface area contributed by atoms with E-state index in [2.05, 4.69) is 25.5 Å². The maximum absolute atomic E-state index is 13.1. The van der Waals surface area contributed by atoms with E-state index < -0.39 is 11.4 Å². The summed E-state index contributed by atoms with van der Waals surface area (Å²) in [5.41, 5.74) is 1.46. The van der Waals surface area contributed by atoms with Crippen molar-refractivity contribution in [1.29, 1.82) is 0 Å². The highest BCUT2D eigenvalue weighted by molar-refractivity contribution is 6.34. The number of fused-ring (bicyclic) bond motifs is 1. The lowest BCUT2D eigenvalue weighted by molar-refractivity contribution is 0.00420. The SMILES string of the molecule is Cc1n[nH]nc1-c1cc(OC[C@](C)(O)c2ccc(F)cn2)c2c(Cl)cnn2c1. The summed E-state index contributed by atoms with van der Waals surface area (Å²) in [7, 11) is 0. The summed E-state index contributed by atoms with van der Waals surface area (Å²) in [6.45, 7) is 3.22. The van der Waals surface area contributed by atoms with Gasteiger partial charge in [0.1, 0.15) is 35.0 Å². The van der Waals surface area contributed by atoms with Crippen molar-refractivity contribution in [2.24, 2.45) is 0 Å². The molecule has 28 heavy (non-hydrogen) atoms. The van der Waals surface area contributed by atoms with Gasteiger partial charge in [0.05, 0.1) is 28.8 Å². The van der Waals surface area contributed by atoms with E-state index in [1.165, 1.54) is 25.3 Å². The fourth-order valence-electron chi connectivity index (χ4n) is 2.83. The van der Waals surface area contributed by atoms with E-state index in [0.717, 1.165) is 6.20 Å². The van der Waals surface area contributed by atoms with Gasteiger partial charge < -0.3 is 9.84 Å². The largest absolute Gasteiger partial charge is 0.488 e. The van der Waals surface area contributed by atoms with Crippen molar-refractivity contribution < 1.29 is 14.2 Å². The fraction of sp³-hybridized carbons (Fsp3) is 0.222. The molecule has 144 valence electrons. The minimum Gasteiger partial charge on any atom is -0.488 e. The molecule has 0 amide bonds. The zero-order valence-electron chi connectivity index (χ0n) is 15.0. The Bertz CT molecular complexity index is 1140. The number of rotatable bonds is 5. The Morgan fingerprint density at radius 2 is 2.14 bits per heavy atom. The quantitative estimate of drug-likeness (QED) is 0.532. The zero-order chi connectivity index (χ0) is 19.9. The van der Waals surface area contributed by atoms with Crippen molar-refractivity contribution in [1.82, 2.24) is 30.0 Å². The van der Waals surface area contributed by atoms with Gasteiger partial charge in [-0.25, -0.2) is 8.91 Å². The molecular formula is C18H16ClFN6O2. The van der Waals surface area contributed by atoms with Crippen LogP contribution in [0.25, 0.3) is 16.8 Å². The second-order valence-electron chi connectivity index (χ2n) is 6.56. The lowest BCUT2D eigenvalue weighted by Crippen LogP contribution is -2.30.